The maximum atomic E-state index is 12.4. The Morgan fingerprint density at radius 1 is 0.812 bits per heavy atom. The number of carbonyl (C=O) groups excluding carboxylic acids is 2. The van der Waals surface area contributed by atoms with E-state index in [1.54, 1.807) is 36.4 Å². The van der Waals surface area contributed by atoms with Gasteiger partial charge in [0.1, 0.15) is 5.75 Å². The van der Waals surface area contributed by atoms with Crippen molar-refractivity contribution in [3.63, 3.8) is 0 Å². The van der Waals surface area contributed by atoms with E-state index in [0.29, 0.717) is 29.5 Å². The second kappa shape index (κ2) is 11.6. The van der Waals surface area contributed by atoms with Crippen molar-refractivity contribution in [2.75, 3.05) is 29.1 Å². The third kappa shape index (κ3) is 7.47. The molecular formula is C26H29N3O3. The first-order valence-electron chi connectivity index (χ1n) is 10.7. The van der Waals surface area contributed by atoms with Crippen molar-refractivity contribution in [1.82, 2.24) is 0 Å². The van der Waals surface area contributed by atoms with Crippen molar-refractivity contribution in [2.24, 2.45) is 5.92 Å². The zero-order chi connectivity index (χ0) is 22.8. The Labute approximate surface area is 189 Å². The molecule has 166 valence electrons. The molecule has 3 rings (SSSR count). The molecule has 3 N–H and O–H groups in total. The van der Waals surface area contributed by atoms with E-state index in [9.17, 15) is 9.59 Å². The largest absolute Gasteiger partial charge is 0.494 e. The van der Waals surface area contributed by atoms with Gasteiger partial charge < -0.3 is 20.7 Å². The van der Waals surface area contributed by atoms with E-state index >= 15 is 0 Å². The van der Waals surface area contributed by atoms with Crippen molar-refractivity contribution in [3.05, 3.63) is 84.4 Å². The summed E-state index contributed by atoms with van der Waals surface area (Å²) in [5, 5.41) is 8.79. The summed E-state index contributed by atoms with van der Waals surface area (Å²) < 4.78 is 5.76. The molecule has 3 aromatic carbocycles. The van der Waals surface area contributed by atoms with Gasteiger partial charge in [-0.15, -0.1) is 0 Å². The Hall–Kier alpha value is -3.80. The molecule has 0 spiro atoms. The van der Waals surface area contributed by atoms with Crippen LogP contribution in [0.3, 0.4) is 0 Å². The summed E-state index contributed by atoms with van der Waals surface area (Å²) in [6.45, 7) is 5.09. The van der Waals surface area contributed by atoms with Gasteiger partial charge in [0.25, 0.3) is 5.91 Å². The van der Waals surface area contributed by atoms with Crippen molar-refractivity contribution >= 4 is 28.9 Å². The fourth-order valence-corrected chi connectivity index (χ4v) is 2.96. The maximum absolute atomic E-state index is 12.4. The van der Waals surface area contributed by atoms with Gasteiger partial charge in [-0.05, 0) is 54.8 Å². The van der Waals surface area contributed by atoms with Gasteiger partial charge in [-0.2, -0.15) is 0 Å². The monoisotopic (exact) mass is 431 g/mol. The highest BCUT2D eigenvalue weighted by Gasteiger charge is 2.07. The molecule has 0 aliphatic rings. The van der Waals surface area contributed by atoms with Crippen LogP contribution in [0.1, 0.15) is 30.6 Å². The molecule has 32 heavy (non-hydrogen) atoms. The van der Waals surface area contributed by atoms with E-state index in [2.05, 4.69) is 29.8 Å². The summed E-state index contributed by atoms with van der Waals surface area (Å²) in [6.07, 6.45) is 0.991. The molecule has 0 fully saturated rings. The third-order valence-corrected chi connectivity index (χ3v) is 4.69. The van der Waals surface area contributed by atoms with Gasteiger partial charge in [0.05, 0.1) is 13.2 Å². The van der Waals surface area contributed by atoms with Gasteiger partial charge in [0.15, 0.2) is 0 Å². The molecule has 3 aromatic rings. The quantitative estimate of drug-likeness (QED) is 0.401. The number of carbonyl (C=O) groups is 2. The van der Waals surface area contributed by atoms with Gasteiger partial charge in [-0.1, -0.05) is 44.2 Å². The Morgan fingerprint density at radius 3 is 2.25 bits per heavy atom. The van der Waals surface area contributed by atoms with Crippen LogP contribution in [-0.4, -0.2) is 25.0 Å². The van der Waals surface area contributed by atoms with E-state index in [0.717, 1.165) is 17.9 Å². The molecule has 6 heteroatoms. The molecule has 0 aliphatic carbocycles. The normalized spacial score (nSPS) is 10.5. The van der Waals surface area contributed by atoms with Gasteiger partial charge in [-0.3, -0.25) is 9.59 Å². The minimum atomic E-state index is -0.203. The molecule has 0 unspecified atom stereocenters. The highest BCUT2D eigenvalue weighted by atomic mass is 16.5. The molecule has 0 radical (unpaired) electrons. The predicted molar refractivity (Wildman–Crippen MR) is 129 cm³/mol. The summed E-state index contributed by atoms with van der Waals surface area (Å²) >= 11 is 0. The number of benzene rings is 3. The number of hydrogen-bond acceptors (Lipinski definition) is 4. The first-order valence-corrected chi connectivity index (χ1v) is 10.7. The van der Waals surface area contributed by atoms with Crippen LogP contribution >= 0.6 is 0 Å². The topological polar surface area (TPSA) is 79.5 Å². The summed E-state index contributed by atoms with van der Waals surface area (Å²) in [5.74, 6) is 0.969. The van der Waals surface area contributed by atoms with Crippen LogP contribution in [-0.2, 0) is 4.79 Å². The average Bonchev–Trinajstić information content (AvgIpc) is 2.78. The molecule has 2 amide bonds. The van der Waals surface area contributed by atoms with Gasteiger partial charge in [0, 0.05) is 28.7 Å². The van der Waals surface area contributed by atoms with Crippen LogP contribution < -0.4 is 20.7 Å². The average molecular weight is 432 g/mol. The zero-order valence-corrected chi connectivity index (χ0v) is 18.4. The fraction of sp³-hybridized carbons (Fsp3) is 0.231. The van der Waals surface area contributed by atoms with Gasteiger partial charge in [0.2, 0.25) is 5.91 Å². The fourth-order valence-electron chi connectivity index (χ4n) is 2.96. The first-order chi connectivity index (χ1) is 15.5. The van der Waals surface area contributed by atoms with Crippen molar-refractivity contribution in [2.45, 2.75) is 20.3 Å². The van der Waals surface area contributed by atoms with Crippen LogP contribution in [0.4, 0.5) is 17.1 Å². The lowest BCUT2D eigenvalue weighted by Crippen LogP contribution is -2.22. The van der Waals surface area contributed by atoms with Gasteiger partial charge in [-0.25, -0.2) is 0 Å². The molecule has 0 saturated heterocycles. The minimum Gasteiger partial charge on any atom is -0.494 e. The highest BCUT2D eigenvalue weighted by molar-refractivity contribution is 6.04. The summed E-state index contributed by atoms with van der Waals surface area (Å²) in [7, 11) is 0. The molecular weight excluding hydrogens is 402 g/mol. The SMILES string of the molecule is CC(C)CCOc1cccc(NCC(=O)Nc2cccc(NC(=O)c3ccccc3)c2)c1. The van der Waals surface area contributed by atoms with E-state index in [4.69, 9.17) is 4.74 Å². The predicted octanol–water partition coefficient (Wildman–Crippen LogP) is 5.41. The Morgan fingerprint density at radius 2 is 1.50 bits per heavy atom. The Balaban J connectivity index is 1.50. The van der Waals surface area contributed by atoms with E-state index < -0.39 is 0 Å². The number of ether oxygens (including phenoxy) is 1. The smallest absolute Gasteiger partial charge is 0.255 e. The zero-order valence-electron chi connectivity index (χ0n) is 18.4. The molecule has 0 bridgehead atoms. The van der Waals surface area contributed by atoms with Crippen LogP contribution in [0.5, 0.6) is 5.75 Å². The van der Waals surface area contributed by atoms with E-state index in [-0.39, 0.29) is 18.4 Å². The summed E-state index contributed by atoms with van der Waals surface area (Å²) in [6, 6.07) is 23.6. The van der Waals surface area contributed by atoms with Crippen molar-refractivity contribution in [1.29, 1.82) is 0 Å². The van der Waals surface area contributed by atoms with Crippen molar-refractivity contribution in [3.8, 4) is 5.75 Å². The lowest BCUT2D eigenvalue weighted by atomic mass is 10.1. The highest BCUT2D eigenvalue weighted by Crippen LogP contribution is 2.19. The van der Waals surface area contributed by atoms with E-state index in [1.165, 1.54) is 0 Å². The molecule has 0 heterocycles. The molecule has 0 atom stereocenters. The third-order valence-electron chi connectivity index (χ3n) is 4.69. The number of amides is 2. The molecule has 6 nitrogen and oxygen atoms in total. The lowest BCUT2D eigenvalue weighted by Gasteiger charge is -2.12. The summed E-state index contributed by atoms with van der Waals surface area (Å²) in [5.41, 5.74) is 2.59. The summed E-state index contributed by atoms with van der Waals surface area (Å²) in [4.78, 5) is 24.7. The molecule has 0 aromatic heterocycles. The number of hydrogen-bond donors (Lipinski definition) is 3. The van der Waals surface area contributed by atoms with Gasteiger partial charge >= 0.3 is 0 Å². The molecule has 0 saturated carbocycles. The maximum Gasteiger partial charge on any atom is 0.255 e. The standard InChI is InChI=1S/C26H29N3O3/c1-19(2)14-15-32-24-13-7-10-21(17-24)27-18-25(30)28-22-11-6-12-23(16-22)29-26(31)20-8-4-3-5-9-20/h3-13,16-17,19,27H,14-15,18H2,1-2H3,(H,28,30)(H,29,31). The number of nitrogens with one attached hydrogen (secondary N) is 3. The van der Waals surface area contributed by atoms with Crippen molar-refractivity contribution < 1.29 is 14.3 Å². The first kappa shape index (κ1) is 22.9. The second-order valence-electron chi connectivity index (χ2n) is 7.86. The Kier molecular flexibility index (Phi) is 8.26. The Bertz CT molecular complexity index is 1040. The van der Waals surface area contributed by atoms with Crippen LogP contribution in [0.15, 0.2) is 78.9 Å². The van der Waals surface area contributed by atoms with Crippen LogP contribution in [0.25, 0.3) is 0 Å². The van der Waals surface area contributed by atoms with E-state index in [1.807, 2.05) is 42.5 Å². The number of anilines is 3. The molecule has 0 aliphatic heterocycles. The van der Waals surface area contributed by atoms with Crippen LogP contribution in [0.2, 0.25) is 0 Å². The minimum absolute atomic E-state index is 0.107. The second-order valence-corrected chi connectivity index (χ2v) is 7.86. The lowest BCUT2D eigenvalue weighted by molar-refractivity contribution is -0.114. The van der Waals surface area contributed by atoms with Crippen LogP contribution in [0, 0.1) is 5.92 Å². The number of rotatable bonds is 10.